The largest absolute Gasteiger partial charge is 0.355 e. The molecule has 1 aliphatic heterocycles. The second-order valence-corrected chi connectivity index (χ2v) is 10.9. The van der Waals surface area contributed by atoms with E-state index in [1.165, 1.54) is 50.3 Å². The first-order valence-electron chi connectivity index (χ1n) is 14.7. The quantitative estimate of drug-likeness (QED) is 0.202. The third-order valence-corrected chi connectivity index (χ3v) is 7.87. The first-order chi connectivity index (χ1) is 20.7. The summed E-state index contributed by atoms with van der Waals surface area (Å²) >= 11 is 0. The third-order valence-electron chi connectivity index (χ3n) is 7.87. The van der Waals surface area contributed by atoms with E-state index in [-0.39, 0.29) is 0 Å². The van der Waals surface area contributed by atoms with Crippen LogP contribution in [0.1, 0.15) is 29.2 Å². The molecule has 0 spiro atoms. The number of hydrogen-bond acceptors (Lipinski definition) is 3. The van der Waals surface area contributed by atoms with E-state index in [4.69, 9.17) is 0 Å². The Balaban J connectivity index is 1.23. The number of fused-ring (bicyclic) bond motifs is 1. The van der Waals surface area contributed by atoms with Gasteiger partial charge < -0.3 is 15.5 Å². The van der Waals surface area contributed by atoms with Gasteiger partial charge >= 0.3 is 0 Å². The molecule has 0 radical (unpaired) electrons. The molecule has 0 bridgehead atoms. The fraction of sp³-hybridized carbons (Fsp3) is 0.128. The van der Waals surface area contributed by atoms with Crippen molar-refractivity contribution in [2.24, 2.45) is 0 Å². The predicted molar refractivity (Wildman–Crippen MR) is 180 cm³/mol. The minimum Gasteiger partial charge on any atom is -0.355 e. The Bertz CT molecular complexity index is 1700. The van der Waals surface area contributed by atoms with Crippen molar-refractivity contribution < 1.29 is 0 Å². The van der Waals surface area contributed by atoms with Crippen molar-refractivity contribution in [2.75, 3.05) is 16.8 Å². The molecule has 6 rings (SSSR count). The summed E-state index contributed by atoms with van der Waals surface area (Å²) in [4.78, 5) is 2.40. The molecule has 5 aromatic carbocycles. The van der Waals surface area contributed by atoms with E-state index in [1.807, 2.05) is 0 Å². The molecule has 42 heavy (non-hydrogen) atoms. The average Bonchev–Trinajstić information content (AvgIpc) is 3.02. The number of rotatable bonds is 8. The normalized spacial score (nSPS) is 14.7. The van der Waals surface area contributed by atoms with E-state index in [9.17, 15) is 0 Å². The van der Waals surface area contributed by atoms with Crippen molar-refractivity contribution in [1.82, 2.24) is 5.32 Å². The molecule has 1 heterocycles. The molecular weight excluding hydrogens is 510 g/mol. The summed E-state index contributed by atoms with van der Waals surface area (Å²) in [5, 5.41) is 7.28. The highest BCUT2D eigenvalue weighted by Crippen LogP contribution is 2.39. The van der Waals surface area contributed by atoms with Gasteiger partial charge in [0.1, 0.15) is 0 Å². The Morgan fingerprint density at radius 2 is 1.38 bits per heavy atom. The maximum Gasteiger partial charge on any atom is 0.0511 e. The topological polar surface area (TPSA) is 27.3 Å². The zero-order valence-electron chi connectivity index (χ0n) is 24.3. The van der Waals surface area contributed by atoms with E-state index in [0.29, 0.717) is 0 Å². The zero-order chi connectivity index (χ0) is 28.7. The molecule has 0 saturated carbocycles. The Labute approximate surface area is 249 Å². The summed E-state index contributed by atoms with van der Waals surface area (Å²) in [5.41, 5.74) is 13.4. The molecule has 1 aliphatic rings. The SMILES string of the molecule is C/C1=C\C=C/CN(c2ccc(CNCc3ccccc3)cc2)c2cccc(Nc3ccc(-c4ccccc4C)cc3)c21. The lowest BCUT2D eigenvalue weighted by Gasteiger charge is -2.29. The number of nitrogens with zero attached hydrogens (tertiary/aromatic N) is 1. The van der Waals surface area contributed by atoms with Crippen molar-refractivity contribution >= 4 is 28.3 Å². The molecule has 0 amide bonds. The van der Waals surface area contributed by atoms with Crippen LogP contribution in [0.15, 0.2) is 140 Å². The Kier molecular flexibility index (Phi) is 8.30. The third kappa shape index (κ3) is 6.22. The van der Waals surface area contributed by atoms with Crippen molar-refractivity contribution in [2.45, 2.75) is 26.9 Å². The van der Waals surface area contributed by atoms with Gasteiger partial charge in [0.15, 0.2) is 0 Å². The molecule has 0 aliphatic carbocycles. The molecular formula is C39H37N3. The zero-order valence-corrected chi connectivity index (χ0v) is 24.3. The lowest BCUT2D eigenvalue weighted by molar-refractivity contribution is 0.693. The number of benzene rings is 5. The average molecular weight is 548 g/mol. The van der Waals surface area contributed by atoms with Gasteiger partial charge in [-0.25, -0.2) is 0 Å². The fourth-order valence-electron chi connectivity index (χ4n) is 5.61. The molecule has 0 unspecified atom stereocenters. The van der Waals surface area contributed by atoms with Gasteiger partial charge in [0.05, 0.1) is 5.69 Å². The van der Waals surface area contributed by atoms with Gasteiger partial charge in [-0.05, 0) is 83.6 Å². The van der Waals surface area contributed by atoms with E-state index in [0.717, 1.165) is 31.0 Å². The van der Waals surface area contributed by atoms with Gasteiger partial charge in [0.2, 0.25) is 0 Å². The predicted octanol–water partition coefficient (Wildman–Crippen LogP) is 9.81. The summed E-state index contributed by atoms with van der Waals surface area (Å²) in [6.07, 6.45) is 6.61. The lowest BCUT2D eigenvalue weighted by atomic mass is 9.98. The van der Waals surface area contributed by atoms with Crippen molar-refractivity contribution in [3.8, 4) is 11.1 Å². The van der Waals surface area contributed by atoms with Crippen LogP contribution in [0, 0.1) is 6.92 Å². The van der Waals surface area contributed by atoms with Crippen LogP contribution in [0.5, 0.6) is 0 Å². The summed E-state index contributed by atoms with van der Waals surface area (Å²) in [5.74, 6) is 0. The van der Waals surface area contributed by atoms with Gasteiger partial charge in [-0.3, -0.25) is 0 Å². The van der Waals surface area contributed by atoms with Crippen molar-refractivity contribution in [3.05, 3.63) is 162 Å². The van der Waals surface area contributed by atoms with Gasteiger partial charge in [-0.15, -0.1) is 0 Å². The summed E-state index contributed by atoms with van der Waals surface area (Å²) in [6, 6.07) is 43.3. The van der Waals surface area contributed by atoms with E-state index in [2.05, 4.69) is 169 Å². The van der Waals surface area contributed by atoms with E-state index < -0.39 is 0 Å². The summed E-state index contributed by atoms with van der Waals surface area (Å²) in [7, 11) is 0. The highest BCUT2D eigenvalue weighted by atomic mass is 15.1. The van der Waals surface area contributed by atoms with E-state index in [1.54, 1.807) is 0 Å². The fourth-order valence-corrected chi connectivity index (χ4v) is 5.61. The van der Waals surface area contributed by atoms with Crippen molar-refractivity contribution in [3.63, 3.8) is 0 Å². The van der Waals surface area contributed by atoms with Crippen LogP contribution in [0.3, 0.4) is 0 Å². The second kappa shape index (κ2) is 12.8. The molecule has 2 N–H and O–H groups in total. The van der Waals surface area contributed by atoms with Gasteiger partial charge in [-0.2, -0.15) is 0 Å². The second-order valence-electron chi connectivity index (χ2n) is 10.9. The van der Waals surface area contributed by atoms with Crippen LogP contribution in [0.2, 0.25) is 0 Å². The summed E-state index contributed by atoms with van der Waals surface area (Å²) in [6.45, 7) is 6.86. The molecule has 208 valence electrons. The van der Waals surface area contributed by atoms with Crippen LogP contribution in [0.25, 0.3) is 16.7 Å². The molecule has 0 atom stereocenters. The molecule has 3 heteroatoms. The van der Waals surface area contributed by atoms with Gasteiger partial charge in [-0.1, -0.05) is 103 Å². The minimum absolute atomic E-state index is 0.803. The Hall–Kier alpha value is -4.86. The van der Waals surface area contributed by atoms with Crippen LogP contribution < -0.4 is 15.5 Å². The van der Waals surface area contributed by atoms with Crippen LogP contribution in [0.4, 0.5) is 22.7 Å². The molecule has 0 fully saturated rings. The first-order valence-corrected chi connectivity index (χ1v) is 14.7. The number of nitrogens with one attached hydrogen (secondary N) is 2. The molecule has 0 aromatic heterocycles. The standard InChI is InChI=1S/C39H37N3/c1-29-11-6-7-15-36(29)33-20-22-34(23-21-33)41-37-16-10-17-38-39(37)30(2)12-8-9-26-42(38)35-24-18-32(19-25-35)28-40-27-31-13-4-3-5-14-31/h3-25,40-41H,26-28H2,1-2H3/b9-8-,30-12+. The Morgan fingerprint density at radius 3 is 2.14 bits per heavy atom. The van der Waals surface area contributed by atoms with Crippen LogP contribution >= 0.6 is 0 Å². The van der Waals surface area contributed by atoms with Crippen LogP contribution in [-0.4, -0.2) is 6.54 Å². The number of hydrogen-bond donors (Lipinski definition) is 2. The highest BCUT2D eigenvalue weighted by molar-refractivity contribution is 5.90. The van der Waals surface area contributed by atoms with Gasteiger partial charge in [0.25, 0.3) is 0 Å². The molecule has 0 saturated heterocycles. The first kappa shape index (κ1) is 27.3. The Morgan fingerprint density at radius 1 is 0.667 bits per heavy atom. The number of allylic oxidation sites excluding steroid dienone is 3. The smallest absolute Gasteiger partial charge is 0.0511 e. The maximum absolute atomic E-state index is 3.72. The van der Waals surface area contributed by atoms with Crippen molar-refractivity contribution in [1.29, 1.82) is 0 Å². The molecule has 5 aromatic rings. The lowest BCUT2D eigenvalue weighted by Crippen LogP contribution is -2.19. The number of aryl methyl sites for hydroxylation is 1. The minimum atomic E-state index is 0.803. The number of anilines is 4. The monoisotopic (exact) mass is 547 g/mol. The maximum atomic E-state index is 3.72. The highest BCUT2D eigenvalue weighted by Gasteiger charge is 2.18. The molecule has 3 nitrogen and oxygen atoms in total. The summed E-state index contributed by atoms with van der Waals surface area (Å²) < 4.78 is 0. The van der Waals surface area contributed by atoms with Crippen LogP contribution in [-0.2, 0) is 13.1 Å². The van der Waals surface area contributed by atoms with Gasteiger partial charge in [0, 0.05) is 42.3 Å². The van der Waals surface area contributed by atoms with E-state index >= 15 is 0 Å².